The zero-order valence-corrected chi connectivity index (χ0v) is 8.81. The maximum Gasteiger partial charge on any atom is 0.220 e. The molecule has 0 radical (unpaired) electrons. The Bertz CT molecular complexity index is 411. The van der Waals surface area contributed by atoms with E-state index < -0.39 is 0 Å². The van der Waals surface area contributed by atoms with Crippen molar-refractivity contribution in [2.45, 2.75) is 32.2 Å². The van der Waals surface area contributed by atoms with Gasteiger partial charge in [-0.1, -0.05) is 0 Å². The molecule has 1 heterocycles. The predicted molar refractivity (Wildman–Crippen MR) is 56.2 cm³/mol. The zero-order chi connectivity index (χ0) is 9.76. The lowest BCUT2D eigenvalue weighted by Gasteiger charge is -2.14. The Labute approximate surface area is 87.5 Å². The SMILES string of the molecule is Nc1n[nH]c(=S)n1CC1(C2CC2)CC1. The molecular formula is C9H14N4S. The quantitative estimate of drug-likeness (QED) is 0.747. The van der Waals surface area contributed by atoms with Gasteiger partial charge in [0.15, 0.2) is 4.77 Å². The monoisotopic (exact) mass is 210 g/mol. The van der Waals surface area contributed by atoms with Crippen LogP contribution in [0.2, 0.25) is 0 Å². The third kappa shape index (κ3) is 1.19. The second-order valence-electron chi connectivity index (χ2n) is 4.61. The van der Waals surface area contributed by atoms with E-state index in [9.17, 15) is 0 Å². The van der Waals surface area contributed by atoms with E-state index >= 15 is 0 Å². The minimum Gasteiger partial charge on any atom is -0.368 e. The van der Waals surface area contributed by atoms with Gasteiger partial charge in [0.25, 0.3) is 0 Å². The number of nitrogens with two attached hydrogens (primary N) is 1. The fourth-order valence-electron chi connectivity index (χ4n) is 2.35. The maximum atomic E-state index is 5.75. The summed E-state index contributed by atoms with van der Waals surface area (Å²) < 4.78 is 2.61. The Morgan fingerprint density at radius 2 is 2.29 bits per heavy atom. The molecule has 3 N–H and O–H groups in total. The number of H-pyrrole nitrogens is 1. The van der Waals surface area contributed by atoms with Crippen LogP contribution in [0.25, 0.3) is 0 Å². The highest BCUT2D eigenvalue weighted by atomic mass is 32.1. The number of nitrogen functional groups attached to an aromatic ring is 1. The molecule has 0 aromatic carbocycles. The third-order valence-electron chi connectivity index (χ3n) is 3.60. The first kappa shape index (κ1) is 8.47. The first-order valence-electron chi connectivity index (χ1n) is 5.12. The first-order valence-corrected chi connectivity index (χ1v) is 5.53. The Kier molecular flexibility index (Phi) is 1.57. The maximum absolute atomic E-state index is 5.75. The Hall–Kier alpha value is -0.840. The molecule has 0 amide bonds. The van der Waals surface area contributed by atoms with Crippen LogP contribution in [0.3, 0.4) is 0 Å². The molecule has 0 atom stereocenters. The van der Waals surface area contributed by atoms with E-state index in [-0.39, 0.29) is 0 Å². The standard InChI is InChI=1S/C9H14N4S/c10-7-11-12-8(14)13(7)5-9(3-4-9)6-1-2-6/h6H,1-5H2,(H2,10,11)(H,12,14). The van der Waals surface area contributed by atoms with E-state index in [2.05, 4.69) is 10.2 Å². The van der Waals surface area contributed by atoms with Crippen molar-refractivity contribution in [2.75, 3.05) is 5.73 Å². The summed E-state index contributed by atoms with van der Waals surface area (Å²) in [6.45, 7) is 0.971. The number of nitrogens with one attached hydrogen (secondary N) is 1. The molecule has 2 aliphatic rings. The van der Waals surface area contributed by atoms with Crippen LogP contribution >= 0.6 is 12.2 Å². The second-order valence-corrected chi connectivity index (χ2v) is 5.00. The summed E-state index contributed by atoms with van der Waals surface area (Å²) in [5, 5.41) is 6.67. The summed E-state index contributed by atoms with van der Waals surface area (Å²) in [5.74, 6) is 1.46. The number of aromatic amines is 1. The summed E-state index contributed by atoms with van der Waals surface area (Å²) in [5.41, 5.74) is 6.27. The average molecular weight is 210 g/mol. The van der Waals surface area contributed by atoms with Crippen LogP contribution < -0.4 is 5.73 Å². The van der Waals surface area contributed by atoms with Crippen molar-refractivity contribution in [3.8, 4) is 0 Å². The van der Waals surface area contributed by atoms with Crippen LogP contribution in [-0.4, -0.2) is 14.8 Å². The molecule has 3 rings (SSSR count). The van der Waals surface area contributed by atoms with E-state index in [0.717, 1.165) is 12.5 Å². The van der Waals surface area contributed by atoms with Gasteiger partial charge in [0.1, 0.15) is 0 Å². The molecule has 1 aromatic heterocycles. The summed E-state index contributed by atoms with van der Waals surface area (Å²) in [6, 6.07) is 0. The Morgan fingerprint density at radius 1 is 1.57 bits per heavy atom. The lowest BCUT2D eigenvalue weighted by atomic mass is 10.0. The van der Waals surface area contributed by atoms with Crippen LogP contribution in [0.1, 0.15) is 25.7 Å². The number of nitrogens with zero attached hydrogens (tertiary/aromatic N) is 2. The Morgan fingerprint density at radius 3 is 2.71 bits per heavy atom. The molecular weight excluding hydrogens is 196 g/mol. The molecule has 0 saturated heterocycles. The predicted octanol–water partition coefficient (Wildman–Crippen LogP) is 1.71. The number of hydrogen-bond donors (Lipinski definition) is 2. The number of hydrogen-bond acceptors (Lipinski definition) is 3. The third-order valence-corrected chi connectivity index (χ3v) is 3.91. The largest absolute Gasteiger partial charge is 0.368 e. The van der Waals surface area contributed by atoms with Crippen LogP contribution in [0.15, 0.2) is 0 Å². The van der Waals surface area contributed by atoms with Crippen LogP contribution in [0.5, 0.6) is 0 Å². The molecule has 2 saturated carbocycles. The molecule has 1 aromatic rings. The van der Waals surface area contributed by atoms with Crippen molar-refractivity contribution in [3.05, 3.63) is 4.77 Å². The fourth-order valence-corrected chi connectivity index (χ4v) is 2.55. The number of aromatic nitrogens is 3. The molecule has 0 unspecified atom stereocenters. The van der Waals surface area contributed by atoms with Gasteiger partial charge in [-0.2, -0.15) is 0 Å². The van der Waals surface area contributed by atoms with Gasteiger partial charge in [-0.3, -0.25) is 4.57 Å². The molecule has 5 heteroatoms. The molecule has 14 heavy (non-hydrogen) atoms. The van der Waals surface area contributed by atoms with E-state index in [0.29, 0.717) is 16.1 Å². The van der Waals surface area contributed by atoms with Crippen molar-refractivity contribution < 1.29 is 0 Å². The van der Waals surface area contributed by atoms with Gasteiger partial charge in [0, 0.05) is 6.54 Å². The summed E-state index contributed by atoms with van der Waals surface area (Å²) in [7, 11) is 0. The Balaban J connectivity index is 1.87. The molecule has 2 fully saturated rings. The van der Waals surface area contributed by atoms with Gasteiger partial charge in [-0.05, 0) is 49.2 Å². The molecule has 0 spiro atoms. The van der Waals surface area contributed by atoms with E-state index in [4.69, 9.17) is 18.0 Å². The summed E-state index contributed by atoms with van der Waals surface area (Å²) >= 11 is 5.14. The van der Waals surface area contributed by atoms with Gasteiger partial charge in [-0.15, -0.1) is 5.10 Å². The highest BCUT2D eigenvalue weighted by Crippen LogP contribution is 2.62. The summed E-state index contributed by atoms with van der Waals surface area (Å²) in [4.78, 5) is 0. The van der Waals surface area contributed by atoms with E-state index in [1.807, 2.05) is 4.57 Å². The van der Waals surface area contributed by atoms with Crippen LogP contribution in [-0.2, 0) is 6.54 Å². The smallest absolute Gasteiger partial charge is 0.220 e. The van der Waals surface area contributed by atoms with Gasteiger partial charge in [-0.25, -0.2) is 5.10 Å². The van der Waals surface area contributed by atoms with E-state index in [1.165, 1.54) is 25.7 Å². The fraction of sp³-hybridized carbons (Fsp3) is 0.778. The minimum atomic E-state index is 0.524. The lowest BCUT2D eigenvalue weighted by Crippen LogP contribution is -2.15. The van der Waals surface area contributed by atoms with Crippen molar-refractivity contribution in [3.63, 3.8) is 0 Å². The van der Waals surface area contributed by atoms with Crippen molar-refractivity contribution in [1.29, 1.82) is 0 Å². The number of anilines is 1. The normalized spacial score (nSPS) is 23.7. The second kappa shape index (κ2) is 2.59. The van der Waals surface area contributed by atoms with Gasteiger partial charge >= 0.3 is 0 Å². The van der Waals surface area contributed by atoms with Gasteiger partial charge in [0.2, 0.25) is 5.95 Å². The first-order chi connectivity index (χ1) is 6.71. The molecule has 4 nitrogen and oxygen atoms in total. The van der Waals surface area contributed by atoms with Crippen LogP contribution in [0.4, 0.5) is 5.95 Å². The molecule has 76 valence electrons. The highest BCUT2D eigenvalue weighted by Gasteiger charge is 2.54. The zero-order valence-electron chi connectivity index (χ0n) is 7.99. The number of rotatable bonds is 3. The van der Waals surface area contributed by atoms with Crippen molar-refractivity contribution >= 4 is 18.2 Å². The highest BCUT2D eigenvalue weighted by molar-refractivity contribution is 7.71. The van der Waals surface area contributed by atoms with Crippen molar-refractivity contribution in [2.24, 2.45) is 11.3 Å². The van der Waals surface area contributed by atoms with E-state index in [1.54, 1.807) is 0 Å². The van der Waals surface area contributed by atoms with Gasteiger partial charge in [0.05, 0.1) is 0 Å². The molecule has 2 aliphatic carbocycles. The lowest BCUT2D eigenvalue weighted by molar-refractivity contribution is 0.370. The van der Waals surface area contributed by atoms with Crippen molar-refractivity contribution in [1.82, 2.24) is 14.8 Å². The van der Waals surface area contributed by atoms with Crippen LogP contribution in [0, 0.1) is 16.1 Å². The molecule has 0 bridgehead atoms. The topological polar surface area (TPSA) is 59.6 Å². The summed E-state index contributed by atoms with van der Waals surface area (Å²) in [6.07, 6.45) is 5.46. The molecule has 0 aliphatic heterocycles. The average Bonchev–Trinajstić information content (AvgIpc) is 3.00. The minimum absolute atomic E-state index is 0.524. The van der Waals surface area contributed by atoms with Gasteiger partial charge < -0.3 is 5.73 Å².